The van der Waals surface area contributed by atoms with E-state index in [0.29, 0.717) is 5.56 Å². The van der Waals surface area contributed by atoms with E-state index in [9.17, 15) is 19.2 Å². The average molecular weight is 496 g/mol. The molecule has 0 fully saturated rings. The molecule has 0 amide bonds. The second-order valence-electron chi connectivity index (χ2n) is 10.3. The van der Waals surface area contributed by atoms with Gasteiger partial charge in [0.25, 0.3) is 0 Å². The van der Waals surface area contributed by atoms with E-state index in [0.717, 1.165) is 0 Å². The number of methoxy groups -OCH3 is 1. The fraction of sp³-hybridized carbons (Fsp3) is 0.600. The molecule has 0 aliphatic carbocycles. The van der Waals surface area contributed by atoms with Crippen LogP contribution in [0.15, 0.2) is 18.2 Å². The third-order valence-corrected chi connectivity index (χ3v) is 4.81. The number of carbonyl (C=O) groups is 4. The number of carbonyl (C=O) groups excluding carboxylic acids is 4. The van der Waals surface area contributed by atoms with E-state index in [-0.39, 0.29) is 17.9 Å². The Hall–Kier alpha value is -3.14. The van der Waals surface area contributed by atoms with Crippen LogP contribution in [-0.4, -0.2) is 49.4 Å². The van der Waals surface area contributed by atoms with E-state index in [1.807, 2.05) is 0 Å². The molecule has 0 saturated carbocycles. The molecule has 35 heavy (non-hydrogen) atoms. The Morgan fingerprint density at radius 2 is 1.31 bits per heavy atom. The predicted molar refractivity (Wildman–Crippen MR) is 127 cm³/mol. The third kappa shape index (κ3) is 9.56. The maximum Gasteiger partial charge on any atom is 0.508 e. The van der Waals surface area contributed by atoms with Gasteiger partial charge in [0, 0.05) is 0 Å². The zero-order valence-electron chi connectivity index (χ0n) is 21.9. The first kappa shape index (κ1) is 29.9. The second-order valence-corrected chi connectivity index (χ2v) is 10.3. The van der Waals surface area contributed by atoms with Crippen LogP contribution in [0.2, 0.25) is 0 Å². The van der Waals surface area contributed by atoms with Crippen LogP contribution in [0.25, 0.3) is 0 Å². The maximum absolute atomic E-state index is 12.5. The summed E-state index contributed by atoms with van der Waals surface area (Å²) in [5, 5.41) is 0. The predicted octanol–water partition coefficient (Wildman–Crippen LogP) is 3.56. The zero-order chi connectivity index (χ0) is 27.1. The molecule has 196 valence electrons. The minimum Gasteiger partial charge on any atom is -0.458 e. The molecule has 0 heterocycles. The molecule has 2 N–H and O–H groups in total. The molecule has 1 aromatic rings. The van der Waals surface area contributed by atoms with Gasteiger partial charge in [0.2, 0.25) is 0 Å². The molecule has 1 unspecified atom stereocenters. The first-order valence-electron chi connectivity index (χ1n) is 11.2. The number of hydrogen-bond donors (Lipinski definition) is 1. The Morgan fingerprint density at radius 3 is 1.80 bits per heavy atom. The van der Waals surface area contributed by atoms with Gasteiger partial charge in [-0.2, -0.15) is 0 Å². The fourth-order valence-electron chi connectivity index (χ4n) is 2.35. The van der Waals surface area contributed by atoms with Crippen molar-refractivity contribution in [2.24, 2.45) is 16.6 Å². The molecule has 0 bridgehead atoms. The Bertz CT molecular complexity index is 928. The third-order valence-electron chi connectivity index (χ3n) is 4.81. The van der Waals surface area contributed by atoms with Crippen molar-refractivity contribution >= 4 is 24.1 Å². The van der Waals surface area contributed by atoms with Crippen molar-refractivity contribution in [2.45, 2.75) is 80.1 Å². The van der Waals surface area contributed by atoms with Crippen LogP contribution in [0, 0.1) is 10.8 Å². The van der Waals surface area contributed by atoms with Crippen LogP contribution < -0.4 is 15.2 Å². The van der Waals surface area contributed by atoms with E-state index >= 15 is 0 Å². The van der Waals surface area contributed by atoms with Gasteiger partial charge in [0.05, 0.1) is 17.9 Å². The fourth-order valence-corrected chi connectivity index (χ4v) is 2.35. The van der Waals surface area contributed by atoms with Gasteiger partial charge >= 0.3 is 24.1 Å². The second kappa shape index (κ2) is 12.0. The van der Waals surface area contributed by atoms with Crippen molar-refractivity contribution in [2.75, 3.05) is 7.11 Å². The van der Waals surface area contributed by atoms with Gasteiger partial charge in [-0.25, -0.2) is 4.79 Å². The summed E-state index contributed by atoms with van der Waals surface area (Å²) in [5.41, 5.74) is 4.99. The van der Waals surface area contributed by atoms with E-state index in [4.69, 9.17) is 24.7 Å². The number of ether oxygens (including phenoxy) is 5. The summed E-state index contributed by atoms with van der Waals surface area (Å²) in [5.74, 6) is -1.64. The summed E-state index contributed by atoms with van der Waals surface area (Å²) >= 11 is 0. The molecule has 0 aromatic heterocycles. The lowest BCUT2D eigenvalue weighted by molar-refractivity contribution is -0.155. The molecule has 1 aromatic carbocycles. The summed E-state index contributed by atoms with van der Waals surface area (Å²) in [7, 11) is 1.17. The minimum atomic E-state index is -1.06. The Labute approximate surface area is 206 Å². The summed E-state index contributed by atoms with van der Waals surface area (Å²) in [6.07, 6.45) is -2.37. The van der Waals surface area contributed by atoms with Crippen molar-refractivity contribution in [3.63, 3.8) is 0 Å². The number of hydrogen-bond acceptors (Lipinski definition) is 10. The normalized spacial score (nSPS) is 14.2. The van der Waals surface area contributed by atoms with Crippen molar-refractivity contribution in [3.8, 4) is 11.5 Å². The highest BCUT2D eigenvalue weighted by atomic mass is 16.7. The van der Waals surface area contributed by atoms with E-state index in [2.05, 4.69) is 4.74 Å². The first-order chi connectivity index (χ1) is 15.9. The average Bonchev–Trinajstić information content (AvgIpc) is 2.73. The number of rotatable bonds is 8. The molecule has 10 nitrogen and oxygen atoms in total. The molecule has 3 atom stereocenters. The largest absolute Gasteiger partial charge is 0.508 e. The molecule has 0 spiro atoms. The molecule has 0 aliphatic rings. The monoisotopic (exact) mass is 495 g/mol. The topological polar surface area (TPSA) is 140 Å². The van der Waals surface area contributed by atoms with Crippen molar-refractivity contribution in [3.05, 3.63) is 23.8 Å². The highest BCUT2D eigenvalue weighted by molar-refractivity contribution is 5.81. The molecular weight excluding hydrogens is 458 g/mol. The number of benzene rings is 1. The summed E-state index contributed by atoms with van der Waals surface area (Å²) in [6, 6.07) is 3.53. The van der Waals surface area contributed by atoms with Crippen molar-refractivity contribution in [1.82, 2.24) is 0 Å². The lowest BCUT2D eigenvalue weighted by Gasteiger charge is -2.22. The van der Waals surface area contributed by atoms with Crippen LogP contribution in [0.4, 0.5) is 4.79 Å². The van der Waals surface area contributed by atoms with E-state index in [1.54, 1.807) is 61.5 Å². The minimum absolute atomic E-state index is 0.0362. The molecular formula is C25H37NO9. The zero-order valence-corrected chi connectivity index (χ0v) is 21.9. The van der Waals surface area contributed by atoms with Crippen molar-refractivity contribution < 1.29 is 42.9 Å². The summed E-state index contributed by atoms with van der Waals surface area (Å²) in [6.45, 7) is 13.3. The molecule has 1 rings (SSSR count). The Balaban J connectivity index is 3.04. The van der Waals surface area contributed by atoms with Gasteiger partial charge in [-0.15, -0.1) is 0 Å². The molecule has 0 radical (unpaired) electrons. The summed E-state index contributed by atoms with van der Waals surface area (Å²) in [4.78, 5) is 48.6. The van der Waals surface area contributed by atoms with Gasteiger partial charge in [-0.1, -0.05) is 6.07 Å². The standard InChI is InChI=1S/C25H37NO9/c1-14(15(2)33-23(30)31-9)32-20(27)17(26)12-16-10-11-18(34-21(28)24(3,4)5)19(13-16)35-22(29)25(6,7)8/h10-11,13-15,17H,12,26H2,1-9H3/t14-,15?,17-/m0/s1. The van der Waals surface area contributed by atoms with E-state index < -0.39 is 53.1 Å². The number of nitrogens with two attached hydrogens (primary N) is 1. The lowest BCUT2D eigenvalue weighted by Crippen LogP contribution is -2.39. The highest BCUT2D eigenvalue weighted by Crippen LogP contribution is 2.33. The number of esters is 3. The van der Waals surface area contributed by atoms with Crippen LogP contribution >= 0.6 is 0 Å². The smallest absolute Gasteiger partial charge is 0.458 e. The van der Waals surface area contributed by atoms with Gasteiger partial charge in [0.15, 0.2) is 11.5 Å². The van der Waals surface area contributed by atoms with Gasteiger partial charge in [0.1, 0.15) is 18.2 Å². The first-order valence-corrected chi connectivity index (χ1v) is 11.2. The molecule has 0 saturated heterocycles. The Kier molecular flexibility index (Phi) is 10.3. The van der Waals surface area contributed by atoms with E-state index in [1.165, 1.54) is 19.2 Å². The SMILES string of the molecule is COC(=O)OC(C)[C@H](C)OC(=O)[C@@H](N)Cc1ccc(OC(=O)C(C)(C)C)c(OC(=O)C(C)(C)C)c1. The Morgan fingerprint density at radius 1 is 0.829 bits per heavy atom. The van der Waals surface area contributed by atoms with Crippen LogP contribution in [0.1, 0.15) is 61.0 Å². The van der Waals surface area contributed by atoms with Crippen LogP contribution in [0.5, 0.6) is 11.5 Å². The molecule has 10 heteroatoms. The van der Waals surface area contributed by atoms with Gasteiger partial charge in [-0.3, -0.25) is 14.4 Å². The molecule has 0 aliphatic heterocycles. The van der Waals surface area contributed by atoms with Crippen molar-refractivity contribution in [1.29, 1.82) is 0 Å². The maximum atomic E-state index is 12.5. The summed E-state index contributed by atoms with van der Waals surface area (Å²) < 4.78 is 25.6. The van der Waals surface area contributed by atoms with Crippen LogP contribution in [-0.2, 0) is 35.0 Å². The lowest BCUT2D eigenvalue weighted by atomic mass is 9.97. The van der Waals surface area contributed by atoms with Gasteiger partial charge in [-0.05, 0) is 79.5 Å². The quantitative estimate of drug-likeness (QED) is 0.420. The highest BCUT2D eigenvalue weighted by Gasteiger charge is 2.29. The van der Waals surface area contributed by atoms with Gasteiger partial charge < -0.3 is 29.4 Å². The van der Waals surface area contributed by atoms with Crippen LogP contribution in [0.3, 0.4) is 0 Å².